The first-order valence-corrected chi connectivity index (χ1v) is 16.4. The van der Waals surface area contributed by atoms with E-state index in [0.29, 0.717) is 6.61 Å². The van der Waals surface area contributed by atoms with Gasteiger partial charge in [0.25, 0.3) is 0 Å². The third kappa shape index (κ3) is 10.5. The SMILES string of the molecule is CC(C)=CCOC1(CC=C(C)C)C(CC=C(C)C)=CC(O)C(CC=C(C)C)(CC=C(C)C)C1(CC=C(C)C)CC=C(C)C. The zero-order valence-electron chi connectivity index (χ0n) is 30.5. The molecule has 1 N–H and O–H groups in total. The number of rotatable bonds is 15. The molecule has 0 aliphatic heterocycles. The Morgan fingerprint density at radius 2 is 0.930 bits per heavy atom. The zero-order chi connectivity index (χ0) is 33.0. The molecule has 0 aromatic rings. The largest absolute Gasteiger partial charge is 0.388 e. The smallest absolute Gasteiger partial charge is 0.100 e. The van der Waals surface area contributed by atoms with Crippen LogP contribution in [0.5, 0.6) is 0 Å². The summed E-state index contributed by atoms with van der Waals surface area (Å²) < 4.78 is 7.45. The summed E-state index contributed by atoms with van der Waals surface area (Å²) in [5.41, 5.74) is 8.61. The standard InChI is InChI=1S/C41H66O2/c1-30(2)15-16-37-29-38(42)39(23-17-31(3)4,24-18-32(5)6)40(25-19-33(7)8,26-20-34(9)10)41(37,27-21-35(11)12)43-28-22-36(13)14/h15,17-22,29,38,42H,16,23-28H2,1-14H3. The molecule has 242 valence electrons. The molecule has 0 saturated heterocycles. The highest BCUT2D eigenvalue weighted by Gasteiger charge is 2.66. The van der Waals surface area contributed by atoms with Gasteiger partial charge < -0.3 is 9.84 Å². The maximum Gasteiger partial charge on any atom is 0.100 e. The molecule has 0 aromatic heterocycles. The van der Waals surface area contributed by atoms with E-state index in [-0.39, 0.29) is 0 Å². The lowest BCUT2D eigenvalue weighted by atomic mass is 9.43. The van der Waals surface area contributed by atoms with Crippen LogP contribution < -0.4 is 0 Å². The quantitative estimate of drug-likeness (QED) is 0.192. The lowest BCUT2D eigenvalue weighted by Crippen LogP contribution is -2.66. The molecule has 2 nitrogen and oxygen atoms in total. The van der Waals surface area contributed by atoms with Gasteiger partial charge in [0.05, 0.1) is 12.7 Å². The summed E-state index contributed by atoms with van der Waals surface area (Å²) >= 11 is 0. The zero-order valence-corrected chi connectivity index (χ0v) is 30.5. The van der Waals surface area contributed by atoms with E-state index in [0.717, 1.165) is 38.5 Å². The van der Waals surface area contributed by atoms with Gasteiger partial charge in [-0.25, -0.2) is 0 Å². The monoisotopic (exact) mass is 591 g/mol. The average molecular weight is 591 g/mol. The van der Waals surface area contributed by atoms with E-state index >= 15 is 0 Å². The van der Waals surface area contributed by atoms with Gasteiger partial charge in [0.15, 0.2) is 0 Å². The van der Waals surface area contributed by atoms with Crippen molar-refractivity contribution in [1.29, 1.82) is 0 Å². The Morgan fingerprint density at radius 3 is 1.33 bits per heavy atom. The van der Waals surface area contributed by atoms with Gasteiger partial charge in [-0.3, -0.25) is 0 Å². The van der Waals surface area contributed by atoms with Gasteiger partial charge in [0, 0.05) is 10.8 Å². The number of allylic oxidation sites excluding steroid dienone is 12. The molecule has 0 heterocycles. The third-order valence-corrected chi connectivity index (χ3v) is 8.99. The third-order valence-electron chi connectivity index (χ3n) is 8.99. The Hall–Kier alpha value is -2.16. The molecule has 0 radical (unpaired) electrons. The molecule has 2 heteroatoms. The maximum atomic E-state index is 12.6. The summed E-state index contributed by atoms with van der Waals surface area (Å²) in [4.78, 5) is 0. The molecule has 0 bridgehead atoms. The van der Waals surface area contributed by atoms with E-state index in [1.165, 1.54) is 44.6 Å². The van der Waals surface area contributed by atoms with Crippen LogP contribution in [-0.2, 0) is 4.74 Å². The molecular weight excluding hydrogens is 524 g/mol. The number of ether oxygens (including phenoxy) is 1. The second kappa shape index (κ2) is 17.4. The number of aliphatic hydroxyl groups excluding tert-OH is 1. The Morgan fingerprint density at radius 1 is 0.558 bits per heavy atom. The second-order valence-corrected chi connectivity index (χ2v) is 14.7. The van der Waals surface area contributed by atoms with Gasteiger partial charge in [-0.15, -0.1) is 0 Å². The molecule has 1 aliphatic rings. The van der Waals surface area contributed by atoms with Crippen molar-refractivity contribution in [1.82, 2.24) is 0 Å². The van der Waals surface area contributed by atoms with Crippen molar-refractivity contribution in [3.05, 3.63) is 93.2 Å². The van der Waals surface area contributed by atoms with Crippen LogP contribution in [0, 0.1) is 10.8 Å². The van der Waals surface area contributed by atoms with Crippen molar-refractivity contribution in [3.8, 4) is 0 Å². The predicted molar refractivity (Wildman–Crippen MR) is 191 cm³/mol. The highest BCUT2D eigenvalue weighted by Crippen LogP contribution is 2.66. The molecule has 0 saturated carbocycles. The summed E-state index contributed by atoms with van der Waals surface area (Å²) in [5, 5.41) is 12.6. The number of hydrogen-bond donors (Lipinski definition) is 1. The van der Waals surface area contributed by atoms with Crippen molar-refractivity contribution >= 4 is 0 Å². The summed E-state index contributed by atoms with van der Waals surface area (Å²) in [6.07, 6.45) is 22.8. The van der Waals surface area contributed by atoms with E-state index in [9.17, 15) is 5.11 Å². The van der Waals surface area contributed by atoms with Crippen molar-refractivity contribution in [2.45, 2.75) is 147 Å². The molecule has 43 heavy (non-hydrogen) atoms. The van der Waals surface area contributed by atoms with Crippen LogP contribution in [0.3, 0.4) is 0 Å². The minimum absolute atomic E-state index is 0.438. The predicted octanol–water partition coefficient (Wildman–Crippen LogP) is 12.1. The maximum absolute atomic E-state index is 12.6. The van der Waals surface area contributed by atoms with Crippen molar-refractivity contribution in [3.63, 3.8) is 0 Å². The van der Waals surface area contributed by atoms with Gasteiger partial charge in [-0.2, -0.15) is 0 Å². The van der Waals surface area contributed by atoms with Crippen LogP contribution in [0.1, 0.15) is 135 Å². The molecule has 0 aromatic carbocycles. The van der Waals surface area contributed by atoms with Gasteiger partial charge in [-0.1, -0.05) is 87.6 Å². The Balaban J connectivity index is 4.64. The topological polar surface area (TPSA) is 29.5 Å². The van der Waals surface area contributed by atoms with Crippen LogP contribution in [-0.4, -0.2) is 23.4 Å². The number of hydrogen-bond acceptors (Lipinski definition) is 2. The summed E-state index contributed by atoms with van der Waals surface area (Å²) in [6.45, 7) is 31.0. The molecule has 2 atom stereocenters. The fourth-order valence-electron chi connectivity index (χ4n) is 6.40. The molecule has 1 rings (SSSR count). The lowest BCUT2D eigenvalue weighted by molar-refractivity contribution is -0.196. The molecule has 1 aliphatic carbocycles. The van der Waals surface area contributed by atoms with Crippen LogP contribution in [0.4, 0.5) is 0 Å². The average Bonchev–Trinajstić information content (AvgIpc) is 2.88. The first-order chi connectivity index (χ1) is 19.9. The summed E-state index contributed by atoms with van der Waals surface area (Å²) in [5.74, 6) is 0. The summed E-state index contributed by atoms with van der Waals surface area (Å²) in [6, 6.07) is 0. The molecule has 2 unspecified atom stereocenters. The van der Waals surface area contributed by atoms with E-state index < -0.39 is 22.5 Å². The fraction of sp³-hybridized carbons (Fsp3) is 0.610. The van der Waals surface area contributed by atoms with Crippen LogP contribution in [0.2, 0.25) is 0 Å². The Kier molecular flexibility index (Phi) is 15.7. The van der Waals surface area contributed by atoms with Crippen LogP contribution >= 0.6 is 0 Å². The minimum Gasteiger partial charge on any atom is -0.388 e. The van der Waals surface area contributed by atoms with Gasteiger partial charge in [-0.05, 0) is 141 Å². The van der Waals surface area contributed by atoms with Gasteiger partial charge >= 0.3 is 0 Å². The van der Waals surface area contributed by atoms with Crippen LogP contribution in [0.25, 0.3) is 0 Å². The first kappa shape index (κ1) is 38.9. The minimum atomic E-state index is -0.635. The highest BCUT2D eigenvalue weighted by atomic mass is 16.5. The Labute approximate surface area is 267 Å². The van der Waals surface area contributed by atoms with Crippen LogP contribution in [0.15, 0.2) is 93.2 Å². The first-order valence-electron chi connectivity index (χ1n) is 16.4. The molecular formula is C41H66O2. The summed E-state index contributed by atoms with van der Waals surface area (Å²) in [7, 11) is 0. The number of aliphatic hydroxyl groups is 1. The van der Waals surface area contributed by atoms with E-state index in [4.69, 9.17) is 4.74 Å². The second-order valence-electron chi connectivity index (χ2n) is 14.7. The van der Waals surface area contributed by atoms with E-state index in [1.54, 1.807) is 0 Å². The van der Waals surface area contributed by atoms with Crippen molar-refractivity contribution in [2.75, 3.05) is 6.61 Å². The van der Waals surface area contributed by atoms with Gasteiger partial charge in [0.1, 0.15) is 5.60 Å². The molecule has 0 spiro atoms. The molecule has 0 amide bonds. The highest BCUT2D eigenvalue weighted by molar-refractivity contribution is 5.40. The normalized spacial score (nSPS) is 20.2. The lowest BCUT2D eigenvalue weighted by Gasteiger charge is -2.64. The van der Waals surface area contributed by atoms with Gasteiger partial charge in [0.2, 0.25) is 0 Å². The van der Waals surface area contributed by atoms with Crippen molar-refractivity contribution < 1.29 is 9.84 Å². The Bertz CT molecular complexity index is 1110. The van der Waals surface area contributed by atoms with E-state index in [1.807, 2.05) is 0 Å². The van der Waals surface area contributed by atoms with E-state index in [2.05, 4.69) is 146 Å². The van der Waals surface area contributed by atoms with Crippen molar-refractivity contribution in [2.24, 2.45) is 10.8 Å². The fourth-order valence-corrected chi connectivity index (χ4v) is 6.40. The molecule has 0 fully saturated rings.